The molecule has 0 saturated carbocycles. The standard InChI is InChI=1S/C24H21N9O/c1-14-15(10-25)6-4-8-17(14)22-29-20(21-23(30-22)27-13-26-21)18-12-33(32-31-18)11-16-7-5-9-19(28-16)24(2,3)34/h4-9,12-13,34H,11H2,1-3H3,(H,26,27,29,30). The molecular weight excluding hydrogens is 430 g/mol. The summed E-state index contributed by atoms with van der Waals surface area (Å²) in [5.41, 5.74) is 4.66. The van der Waals surface area contributed by atoms with Gasteiger partial charge in [-0.25, -0.2) is 19.6 Å². The zero-order chi connectivity index (χ0) is 23.9. The number of benzene rings is 1. The number of pyridine rings is 1. The van der Waals surface area contributed by atoms with Gasteiger partial charge in [-0.1, -0.05) is 23.4 Å². The van der Waals surface area contributed by atoms with Crippen LogP contribution in [-0.2, 0) is 12.1 Å². The lowest BCUT2D eigenvalue weighted by Gasteiger charge is -2.17. The quantitative estimate of drug-likeness (QED) is 0.415. The number of H-pyrrole nitrogens is 1. The molecule has 5 aromatic rings. The van der Waals surface area contributed by atoms with Crippen LogP contribution in [-0.4, -0.2) is 45.0 Å². The van der Waals surface area contributed by atoms with Crippen LogP contribution >= 0.6 is 0 Å². The summed E-state index contributed by atoms with van der Waals surface area (Å²) in [5.74, 6) is 0.457. The van der Waals surface area contributed by atoms with Crippen molar-refractivity contribution >= 4 is 11.2 Å². The molecule has 10 heteroatoms. The molecule has 0 amide bonds. The van der Waals surface area contributed by atoms with E-state index >= 15 is 0 Å². The smallest absolute Gasteiger partial charge is 0.181 e. The van der Waals surface area contributed by atoms with Crippen LogP contribution in [0.5, 0.6) is 0 Å². The van der Waals surface area contributed by atoms with Gasteiger partial charge in [-0.2, -0.15) is 5.26 Å². The Morgan fingerprint density at radius 1 is 1.12 bits per heavy atom. The van der Waals surface area contributed by atoms with E-state index in [-0.39, 0.29) is 0 Å². The minimum atomic E-state index is -1.03. The molecule has 0 aliphatic carbocycles. The molecular formula is C24H21N9O. The van der Waals surface area contributed by atoms with Gasteiger partial charge in [-0.3, -0.25) is 4.98 Å². The summed E-state index contributed by atoms with van der Waals surface area (Å²) in [4.78, 5) is 21.3. The Morgan fingerprint density at radius 2 is 1.94 bits per heavy atom. The highest BCUT2D eigenvalue weighted by molar-refractivity contribution is 5.87. The van der Waals surface area contributed by atoms with Crippen molar-refractivity contribution in [2.24, 2.45) is 0 Å². The van der Waals surface area contributed by atoms with Gasteiger partial charge in [0.2, 0.25) is 0 Å². The Hall–Kier alpha value is -4.49. The van der Waals surface area contributed by atoms with Crippen molar-refractivity contribution in [2.45, 2.75) is 32.9 Å². The third-order valence-electron chi connectivity index (χ3n) is 5.52. The minimum absolute atomic E-state index is 0.379. The molecule has 4 heterocycles. The van der Waals surface area contributed by atoms with Crippen molar-refractivity contribution in [1.29, 1.82) is 5.26 Å². The Kier molecular flexibility index (Phi) is 5.11. The van der Waals surface area contributed by atoms with Crippen LogP contribution in [0.3, 0.4) is 0 Å². The predicted molar refractivity (Wildman–Crippen MR) is 124 cm³/mol. The topological polar surface area (TPSA) is 142 Å². The first-order valence-corrected chi connectivity index (χ1v) is 10.6. The fraction of sp³-hybridized carbons (Fsp3) is 0.208. The van der Waals surface area contributed by atoms with Crippen molar-refractivity contribution in [3.05, 3.63) is 71.4 Å². The van der Waals surface area contributed by atoms with E-state index in [1.807, 2.05) is 31.2 Å². The first-order chi connectivity index (χ1) is 16.3. The maximum atomic E-state index is 10.2. The largest absolute Gasteiger partial charge is 0.384 e. The van der Waals surface area contributed by atoms with E-state index in [1.54, 1.807) is 43.2 Å². The number of fused-ring (bicyclic) bond motifs is 1. The molecule has 0 radical (unpaired) electrons. The van der Waals surface area contributed by atoms with Crippen LogP contribution in [0, 0.1) is 18.3 Å². The molecule has 0 bridgehead atoms. The molecule has 168 valence electrons. The summed E-state index contributed by atoms with van der Waals surface area (Å²) in [6.07, 6.45) is 3.34. The monoisotopic (exact) mass is 451 g/mol. The fourth-order valence-corrected chi connectivity index (χ4v) is 3.70. The number of imidazole rings is 1. The SMILES string of the molecule is Cc1c(C#N)cccc1-c1nc(-c2cn(Cc3cccc(C(C)(C)O)n3)nn2)c2[nH]cnc2n1. The van der Waals surface area contributed by atoms with E-state index in [0.29, 0.717) is 46.2 Å². The number of aromatic nitrogens is 8. The van der Waals surface area contributed by atoms with Crippen LogP contribution in [0.1, 0.15) is 36.4 Å². The van der Waals surface area contributed by atoms with Gasteiger partial charge in [0.05, 0.1) is 42.1 Å². The summed E-state index contributed by atoms with van der Waals surface area (Å²) in [6, 6.07) is 13.2. The van der Waals surface area contributed by atoms with Gasteiger partial charge in [-0.05, 0) is 44.5 Å². The van der Waals surface area contributed by atoms with E-state index in [1.165, 1.54) is 0 Å². The molecule has 5 rings (SSSR count). The molecule has 0 aliphatic heterocycles. The maximum absolute atomic E-state index is 10.2. The first kappa shape index (κ1) is 21.4. The summed E-state index contributed by atoms with van der Waals surface area (Å²) in [5, 5.41) is 28.2. The van der Waals surface area contributed by atoms with Crippen molar-refractivity contribution < 1.29 is 5.11 Å². The molecule has 10 nitrogen and oxygen atoms in total. The minimum Gasteiger partial charge on any atom is -0.384 e. The van der Waals surface area contributed by atoms with Gasteiger partial charge >= 0.3 is 0 Å². The Balaban J connectivity index is 1.54. The number of aromatic amines is 1. The molecule has 0 spiro atoms. The number of nitriles is 1. The highest BCUT2D eigenvalue weighted by atomic mass is 16.3. The van der Waals surface area contributed by atoms with Gasteiger partial charge in [0.15, 0.2) is 11.5 Å². The number of aliphatic hydroxyl groups is 1. The highest BCUT2D eigenvalue weighted by Gasteiger charge is 2.19. The lowest BCUT2D eigenvalue weighted by Crippen LogP contribution is -2.18. The lowest BCUT2D eigenvalue weighted by atomic mass is 10.0. The third-order valence-corrected chi connectivity index (χ3v) is 5.52. The summed E-state index contributed by atoms with van der Waals surface area (Å²) < 4.78 is 1.66. The molecule has 2 N–H and O–H groups in total. The highest BCUT2D eigenvalue weighted by Crippen LogP contribution is 2.28. The second-order valence-corrected chi connectivity index (χ2v) is 8.46. The predicted octanol–water partition coefficient (Wildman–Crippen LogP) is 3.13. The van der Waals surface area contributed by atoms with E-state index < -0.39 is 5.60 Å². The van der Waals surface area contributed by atoms with Crippen LogP contribution in [0.25, 0.3) is 33.9 Å². The molecule has 4 aromatic heterocycles. The maximum Gasteiger partial charge on any atom is 0.181 e. The molecule has 0 aliphatic rings. The summed E-state index contributed by atoms with van der Waals surface area (Å²) in [6.45, 7) is 5.65. The average molecular weight is 451 g/mol. The molecule has 34 heavy (non-hydrogen) atoms. The number of nitrogens with one attached hydrogen (secondary N) is 1. The fourth-order valence-electron chi connectivity index (χ4n) is 3.70. The zero-order valence-electron chi connectivity index (χ0n) is 18.9. The van der Waals surface area contributed by atoms with Crippen LogP contribution in [0.4, 0.5) is 0 Å². The molecule has 0 fully saturated rings. The van der Waals surface area contributed by atoms with Crippen LogP contribution < -0.4 is 0 Å². The van der Waals surface area contributed by atoms with Gasteiger partial charge < -0.3 is 10.1 Å². The molecule has 0 saturated heterocycles. The van der Waals surface area contributed by atoms with Crippen molar-refractivity contribution in [1.82, 2.24) is 39.9 Å². The average Bonchev–Trinajstić information content (AvgIpc) is 3.48. The van der Waals surface area contributed by atoms with Gasteiger partial charge in [0.25, 0.3) is 0 Å². The van der Waals surface area contributed by atoms with Gasteiger partial charge in [0.1, 0.15) is 22.5 Å². The number of hydrogen-bond acceptors (Lipinski definition) is 8. The number of hydrogen-bond donors (Lipinski definition) is 2. The number of nitrogens with zero attached hydrogens (tertiary/aromatic N) is 8. The summed E-state index contributed by atoms with van der Waals surface area (Å²) in [7, 11) is 0. The van der Waals surface area contributed by atoms with E-state index in [2.05, 4.69) is 36.3 Å². The van der Waals surface area contributed by atoms with E-state index in [0.717, 1.165) is 16.8 Å². The summed E-state index contributed by atoms with van der Waals surface area (Å²) >= 11 is 0. The normalized spacial score (nSPS) is 11.6. The first-order valence-electron chi connectivity index (χ1n) is 10.6. The Labute approximate surface area is 195 Å². The zero-order valence-corrected chi connectivity index (χ0v) is 18.9. The third kappa shape index (κ3) is 3.89. The Morgan fingerprint density at radius 3 is 2.74 bits per heavy atom. The van der Waals surface area contributed by atoms with Crippen molar-refractivity contribution in [3.8, 4) is 28.8 Å². The second kappa shape index (κ2) is 8.13. The molecule has 1 aromatic carbocycles. The van der Waals surface area contributed by atoms with Crippen molar-refractivity contribution in [2.75, 3.05) is 0 Å². The van der Waals surface area contributed by atoms with E-state index in [9.17, 15) is 10.4 Å². The second-order valence-electron chi connectivity index (χ2n) is 8.46. The van der Waals surface area contributed by atoms with E-state index in [4.69, 9.17) is 4.98 Å². The number of rotatable bonds is 5. The van der Waals surface area contributed by atoms with Crippen molar-refractivity contribution in [3.63, 3.8) is 0 Å². The van der Waals surface area contributed by atoms with Crippen LogP contribution in [0.15, 0.2) is 48.9 Å². The Bertz CT molecular complexity index is 1550. The molecule has 0 atom stereocenters. The van der Waals surface area contributed by atoms with Gasteiger partial charge in [-0.15, -0.1) is 5.10 Å². The molecule has 0 unspecified atom stereocenters. The van der Waals surface area contributed by atoms with Gasteiger partial charge in [0, 0.05) is 5.56 Å². The van der Waals surface area contributed by atoms with Crippen LogP contribution in [0.2, 0.25) is 0 Å². The lowest BCUT2D eigenvalue weighted by molar-refractivity contribution is 0.0736.